The average Bonchev–Trinajstić information content (AvgIpc) is 2.83. The van der Waals surface area contributed by atoms with Gasteiger partial charge in [0.1, 0.15) is 0 Å². The van der Waals surface area contributed by atoms with Crippen LogP contribution in [0.15, 0.2) is 30.3 Å². The highest BCUT2D eigenvalue weighted by atomic mass is 16.3. The first-order valence-electron chi connectivity index (χ1n) is 4.53. The molecule has 2 rings (SSSR count). The molecule has 1 saturated carbocycles. The van der Waals surface area contributed by atoms with Crippen LogP contribution >= 0.6 is 0 Å². The topological polar surface area (TPSA) is 37.3 Å². The van der Waals surface area contributed by atoms with Crippen molar-refractivity contribution in [1.29, 1.82) is 0 Å². The van der Waals surface area contributed by atoms with Gasteiger partial charge in [-0.15, -0.1) is 0 Å². The molecule has 0 bridgehead atoms. The Bertz CT molecular complexity index is 305. The van der Waals surface area contributed by atoms with Crippen LogP contribution in [0.25, 0.3) is 0 Å². The summed E-state index contributed by atoms with van der Waals surface area (Å²) in [6.07, 6.45) is 1.05. The first-order valence-corrected chi connectivity index (χ1v) is 4.53. The van der Waals surface area contributed by atoms with Gasteiger partial charge in [-0.1, -0.05) is 30.3 Å². The molecule has 0 radical (unpaired) electrons. The van der Waals surface area contributed by atoms with Crippen LogP contribution in [-0.2, 0) is 0 Å². The number of hydrogen-bond acceptors (Lipinski definition) is 2. The minimum Gasteiger partial charge on any atom is -0.393 e. The first kappa shape index (κ1) is 8.45. The Morgan fingerprint density at radius 1 is 1.38 bits per heavy atom. The molecule has 2 nitrogen and oxygen atoms in total. The fraction of sp³-hybridized carbons (Fsp3) is 0.364. The molecule has 0 aliphatic heterocycles. The molecule has 0 heterocycles. The Balaban J connectivity index is 1.98. The van der Waals surface area contributed by atoms with E-state index in [1.165, 1.54) is 0 Å². The maximum atomic E-state index is 11.5. The third-order valence-corrected chi connectivity index (χ3v) is 2.43. The van der Waals surface area contributed by atoms with Gasteiger partial charge in [-0.25, -0.2) is 0 Å². The molecule has 0 unspecified atom stereocenters. The molecule has 1 aromatic carbocycles. The van der Waals surface area contributed by atoms with E-state index < -0.39 is 0 Å². The largest absolute Gasteiger partial charge is 0.393 e. The number of Topliss-reactive ketones (excluding diaryl/α,β-unsaturated/α-hetero) is 1. The minimum absolute atomic E-state index is 0.141. The number of carbonyl (C=O) groups excluding carboxylic acids is 1. The normalized spacial score (nSPS) is 25.6. The molecule has 0 saturated heterocycles. The number of carbonyl (C=O) groups is 1. The van der Waals surface area contributed by atoms with Crippen LogP contribution in [-0.4, -0.2) is 17.0 Å². The monoisotopic (exact) mass is 176 g/mol. The van der Waals surface area contributed by atoms with E-state index in [9.17, 15) is 4.79 Å². The van der Waals surface area contributed by atoms with Crippen molar-refractivity contribution < 1.29 is 9.90 Å². The number of benzene rings is 1. The van der Waals surface area contributed by atoms with Crippen LogP contribution in [0, 0.1) is 5.92 Å². The number of aliphatic hydroxyl groups excluding tert-OH is 1. The molecule has 1 aromatic rings. The summed E-state index contributed by atoms with van der Waals surface area (Å²) in [6, 6.07) is 9.24. The third kappa shape index (κ3) is 1.95. The Labute approximate surface area is 77.2 Å². The fourth-order valence-electron chi connectivity index (χ4n) is 1.43. The Kier molecular flexibility index (Phi) is 2.15. The zero-order valence-electron chi connectivity index (χ0n) is 7.31. The van der Waals surface area contributed by atoms with Crippen molar-refractivity contribution in [1.82, 2.24) is 0 Å². The summed E-state index contributed by atoms with van der Waals surface area (Å²) in [4.78, 5) is 11.5. The highest BCUT2D eigenvalue weighted by molar-refractivity contribution is 5.96. The molecule has 0 amide bonds. The van der Waals surface area contributed by atoms with E-state index in [1.807, 2.05) is 30.3 Å². The lowest BCUT2D eigenvalue weighted by Gasteiger charge is -1.98. The van der Waals surface area contributed by atoms with E-state index >= 15 is 0 Å². The predicted octanol–water partition coefficient (Wildman–Crippen LogP) is 1.64. The molecule has 68 valence electrons. The molecule has 2 atom stereocenters. The van der Waals surface area contributed by atoms with Gasteiger partial charge >= 0.3 is 0 Å². The smallest absolute Gasteiger partial charge is 0.163 e. The Hall–Kier alpha value is -1.15. The standard InChI is InChI=1S/C11H12O2/c12-10(6-9-7-11(9)13)8-4-2-1-3-5-8/h1-5,9,11,13H,6-7H2/t9-,11-/m0/s1. The maximum Gasteiger partial charge on any atom is 0.163 e. The van der Waals surface area contributed by atoms with Crippen LogP contribution in [0.2, 0.25) is 0 Å². The van der Waals surface area contributed by atoms with Gasteiger partial charge in [0.25, 0.3) is 0 Å². The van der Waals surface area contributed by atoms with Crippen LogP contribution in [0.3, 0.4) is 0 Å². The van der Waals surface area contributed by atoms with Crippen molar-refractivity contribution in [2.75, 3.05) is 0 Å². The van der Waals surface area contributed by atoms with Crippen LogP contribution < -0.4 is 0 Å². The number of hydrogen-bond donors (Lipinski definition) is 1. The van der Waals surface area contributed by atoms with Gasteiger partial charge in [-0.3, -0.25) is 4.79 Å². The predicted molar refractivity (Wildman–Crippen MR) is 49.5 cm³/mol. The molecule has 0 spiro atoms. The molecule has 1 aliphatic carbocycles. The van der Waals surface area contributed by atoms with Gasteiger partial charge in [0.2, 0.25) is 0 Å². The van der Waals surface area contributed by atoms with E-state index in [4.69, 9.17) is 5.11 Å². The van der Waals surface area contributed by atoms with Gasteiger partial charge in [-0.2, -0.15) is 0 Å². The minimum atomic E-state index is -0.229. The average molecular weight is 176 g/mol. The number of aliphatic hydroxyl groups is 1. The summed E-state index contributed by atoms with van der Waals surface area (Å²) in [7, 11) is 0. The van der Waals surface area contributed by atoms with Gasteiger partial charge in [0.05, 0.1) is 6.10 Å². The third-order valence-electron chi connectivity index (χ3n) is 2.43. The van der Waals surface area contributed by atoms with Crippen molar-refractivity contribution >= 4 is 5.78 Å². The molecule has 13 heavy (non-hydrogen) atoms. The zero-order chi connectivity index (χ0) is 9.26. The zero-order valence-corrected chi connectivity index (χ0v) is 7.31. The van der Waals surface area contributed by atoms with Gasteiger partial charge in [0.15, 0.2) is 5.78 Å². The van der Waals surface area contributed by atoms with E-state index in [1.54, 1.807) is 0 Å². The van der Waals surface area contributed by atoms with Gasteiger partial charge in [0, 0.05) is 12.0 Å². The van der Waals surface area contributed by atoms with Crippen molar-refractivity contribution in [3.8, 4) is 0 Å². The molecule has 0 aromatic heterocycles. The first-order chi connectivity index (χ1) is 6.27. The van der Waals surface area contributed by atoms with Crippen molar-refractivity contribution in [3.05, 3.63) is 35.9 Å². The van der Waals surface area contributed by atoms with E-state index in [-0.39, 0.29) is 17.8 Å². The van der Waals surface area contributed by atoms with Crippen molar-refractivity contribution in [3.63, 3.8) is 0 Å². The molecule has 1 N–H and O–H groups in total. The summed E-state index contributed by atoms with van der Waals surface area (Å²) >= 11 is 0. The molecule has 1 fully saturated rings. The van der Waals surface area contributed by atoms with Gasteiger partial charge in [-0.05, 0) is 12.3 Å². The van der Waals surface area contributed by atoms with E-state index in [0.29, 0.717) is 6.42 Å². The highest BCUT2D eigenvalue weighted by Gasteiger charge is 2.36. The maximum absolute atomic E-state index is 11.5. The SMILES string of the molecule is O=C(C[C@H]1C[C@@H]1O)c1ccccc1. The molecule has 2 heteroatoms. The second-order valence-electron chi connectivity index (χ2n) is 3.56. The Morgan fingerprint density at radius 2 is 2.00 bits per heavy atom. The highest BCUT2D eigenvalue weighted by Crippen LogP contribution is 2.34. The molecular formula is C11H12O2. The fourth-order valence-corrected chi connectivity index (χ4v) is 1.43. The molecule has 1 aliphatic rings. The Morgan fingerprint density at radius 3 is 2.54 bits per heavy atom. The summed E-state index contributed by atoms with van der Waals surface area (Å²) < 4.78 is 0. The lowest BCUT2D eigenvalue weighted by molar-refractivity contribution is 0.0967. The van der Waals surface area contributed by atoms with Crippen molar-refractivity contribution in [2.45, 2.75) is 18.9 Å². The second-order valence-corrected chi connectivity index (χ2v) is 3.56. The number of ketones is 1. The lowest BCUT2D eigenvalue weighted by atomic mass is 10.1. The van der Waals surface area contributed by atoms with E-state index in [2.05, 4.69) is 0 Å². The van der Waals surface area contributed by atoms with Gasteiger partial charge < -0.3 is 5.11 Å². The summed E-state index contributed by atoms with van der Waals surface area (Å²) in [5.74, 6) is 0.356. The summed E-state index contributed by atoms with van der Waals surface area (Å²) in [6.45, 7) is 0. The second kappa shape index (κ2) is 3.30. The number of rotatable bonds is 3. The van der Waals surface area contributed by atoms with Crippen LogP contribution in [0.4, 0.5) is 0 Å². The molecular weight excluding hydrogens is 164 g/mol. The lowest BCUT2D eigenvalue weighted by Crippen LogP contribution is -2.01. The van der Waals surface area contributed by atoms with Crippen LogP contribution in [0.5, 0.6) is 0 Å². The van der Waals surface area contributed by atoms with Crippen LogP contribution in [0.1, 0.15) is 23.2 Å². The summed E-state index contributed by atoms with van der Waals surface area (Å²) in [5, 5.41) is 9.07. The summed E-state index contributed by atoms with van der Waals surface area (Å²) in [5.41, 5.74) is 0.751. The van der Waals surface area contributed by atoms with E-state index in [0.717, 1.165) is 12.0 Å². The quantitative estimate of drug-likeness (QED) is 0.711. The van der Waals surface area contributed by atoms with Crippen molar-refractivity contribution in [2.24, 2.45) is 5.92 Å².